The van der Waals surface area contributed by atoms with Crippen molar-refractivity contribution in [2.24, 2.45) is 5.92 Å². The molecule has 0 radical (unpaired) electrons. The normalized spacial score (nSPS) is 11.6. The van der Waals surface area contributed by atoms with Crippen LogP contribution < -0.4 is 5.32 Å². The molecule has 1 amide bonds. The van der Waals surface area contributed by atoms with Gasteiger partial charge >= 0.3 is 5.97 Å². The Balaban J connectivity index is 4.41. The third kappa shape index (κ3) is 6.97. The summed E-state index contributed by atoms with van der Waals surface area (Å²) in [6.07, 6.45) is 3.62. The summed E-state index contributed by atoms with van der Waals surface area (Å²) in [6, 6.07) is 0. The maximum Gasteiger partial charge on any atom is 0.305 e. The van der Waals surface area contributed by atoms with Crippen molar-refractivity contribution in [2.75, 3.05) is 0 Å². The second-order valence-electron chi connectivity index (χ2n) is 5.22. The molecule has 0 saturated heterocycles. The topological polar surface area (TPSA) is 66.4 Å². The zero-order chi connectivity index (χ0) is 13.5. The summed E-state index contributed by atoms with van der Waals surface area (Å²) in [7, 11) is 0. The monoisotopic (exact) mass is 243 g/mol. The molecule has 0 aromatic heterocycles. The number of rotatable bonds is 8. The predicted molar refractivity (Wildman–Crippen MR) is 67.8 cm³/mol. The first-order chi connectivity index (χ1) is 7.82. The van der Waals surface area contributed by atoms with Crippen molar-refractivity contribution in [3.8, 4) is 0 Å². The molecule has 4 heteroatoms. The Labute approximate surface area is 104 Å². The SMILES string of the molecule is CCCC(CCC)C(=O)NC(C)(C)CC(=O)O. The van der Waals surface area contributed by atoms with Crippen LogP contribution in [0.15, 0.2) is 0 Å². The first-order valence-corrected chi connectivity index (χ1v) is 6.36. The van der Waals surface area contributed by atoms with Crippen molar-refractivity contribution in [2.45, 2.75) is 65.3 Å². The average Bonchev–Trinajstić information content (AvgIpc) is 2.14. The van der Waals surface area contributed by atoms with E-state index >= 15 is 0 Å². The van der Waals surface area contributed by atoms with E-state index in [0.29, 0.717) is 0 Å². The Hall–Kier alpha value is -1.06. The molecular weight excluding hydrogens is 218 g/mol. The van der Waals surface area contributed by atoms with Gasteiger partial charge in [0, 0.05) is 11.5 Å². The summed E-state index contributed by atoms with van der Waals surface area (Å²) in [5.41, 5.74) is -0.678. The molecule has 0 saturated carbocycles. The first-order valence-electron chi connectivity index (χ1n) is 6.36. The minimum absolute atomic E-state index is 0.0121. The van der Waals surface area contributed by atoms with E-state index < -0.39 is 11.5 Å². The van der Waals surface area contributed by atoms with Crippen LogP contribution in [0.2, 0.25) is 0 Å². The van der Waals surface area contributed by atoms with Gasteiger partial charge in [-0.3, -0.25) is 9.59 Å². The molecule has 2 N–H and O–H groups in total. The zero-order valence-corrected chi connectivity index (χ0v) is 11.4. The lowest BCUT2D eigenvalue weighted by molar-refractivity contribution is -0.139. The molecule has 0 rings (SSSR count). The first kappa shape index (κ1) is 15.9. The van der Waals surface area contributed by atoms with Gasteiger partial charge in [-0.15, -0.1) is 0 Å². The highest BCUT2D eigenvalue weighted by Crippen LogP contribution is 2.16. The predicted octanol–water partition coefficient (Wildman–Crippen LogP) is 2.57. The summed E-state index contributed by atoms with van der Waals surface area (Å²) >= 11 is 0. The van der Waals surface area contributed by atoms with Crippen LogP contribution in [0, 0.1) is 5.92 Å². The van der Waals surface area contributed by atoms with Gasteiger partial charge < -0.3 is 10.4 Å². The molecule has 4 nitrogen and oxygen atoms in total. The van der Waals surface area contributed by atoms with Crippen molar-refractivity contribution >= 4 is 11.9 Å². The van der Waals surface area contributed by atoms with Gasteiger partial charge in [0.25, 0.3) is 0 Å². The molecule has 0 aliphatic rings. The molecular formula is C13H25NO3. The fourth-order valence-electron chi connectivity index (χ4n) is 1.96. The highest BCUT2D eigenvalue weighted by Gasteiger charge is 2.27. The minimum Gasteiger partial charge on any atom is -0.481 e. The number of hydrogen-bond donors (Lipinski definition) is 2. The van der Waals surface area contributed by atoms with Crippen LogP contribution >= 0.6 is 0 Å². The van der Waals surface area contributed by atoms with E-state index in [1.165, 1.54) is 0 Å². The lowest BCUT2D eigenvalue weighted by Gasteiger charge is -2.27. The Morgan fingerprint density at radius 3 is 2.00 bits per heavy atom. The molecule has 100 valence electrons. The second-order valence-corrected chi connectivity index (χ2v) is 5.22. The molecule has 0 aliphatic carbocycles. The van der Waals surface area contributed by atoms with E-state index in [1.807, 2.05) is 0 Å². The van der Waals surface area contributed by atoms with E-state index in [1.54, 1.807) is 13.8 Å². The van der Waals surface area contributed by atoms with Gasteiger partial charge in [-0.1, -0.05) is 26.7 Å². The highest BCUT2D eigenvalue weighted by molar-refractivity contribution is 5.80. The lowest BCUT2D eigenvalue weighted by atomic mass is 9.94. The van der Waals surface area contributed by atoms with Gasteiger partial charge in [0.15, 0.2) is 0 Å². The largest absolute Gasteiger partial charge is 0.481 e. The number of carboxylic acid groups (broad SMARTS) is 1. The fourth-order valence-corrected chi connectivity index (χ4v) is 1.96. The molecule has 0 spiro atoms. The number of carbonyl (C=O) groups is 2. The summed E-state index contributed by atoms with van der Waals surface area (Å²) in [5, 5.41) is 11.6. The molecule has 0 aromatic carbocycles. The van der Waals surface area contributed by atoms with Crippen LogP contribution in [0.25, 0.3) is 0 Å². The summed E-state index contributed by atoms with van der Waals surface area (Å²) < 4.78 is 0. The molecule has 0 bridgehead atoms. The number of nitrogens with one attached hydrogen (secondary N) is 1. The number of hydrogen-bond acceptors (Lipinski definition) is 2. The van der Waals surface area contributed by atoms with Crippen molar-refractivity contribution in [1.82, 2.24) is 5.32 Å². The minimum atomic E-state index is -0.891. The van der Waals surface area contributed by atoms with Gasteiger partial charge in [-0.2, -0.15) is 0 Å². The van der Waals surface area contributed by atoms with Crippen molar-refractivity contribution < 1.29 is 14.7 Å². The van der Waals surface area contributed by atoms with Crippen LogP contribution in [-0.2, 0) is 9.59 Å². The average molecular weight is 243 g/mol. The van der Waals surface area contributed by atoms with Gasteiger partial charge in [0.05, 0.1) is 6.42 Å². The van der Waals surface area contributed by atoms with Crippen LogP contribution in [0.1, 0.15) is 59.8 Å². The molecule has 17 heavy (non-hydrogen) atoms. The van der Waals surface area contributed by atoms with Crippen LogP contribution in [0.4, 0.5) is 0 Å². The van der Waals surface area contributed by atoms with E-state index in [0.717, 1.165) is 25.7 Å². The number of carbonyl (C=O) groups excluding carboxylic acids is 1. The summed E-state index contributed by atoms with van der Waals surface area (Å²) in [5.74, 6) is -0.893. The summed E-state index contributed by atoms with van der Waals surface area (Å²) in [4.78, 5) is 22.7. The van der Waals surface area contributed by atoms with Gasteiger partial charge in [0.1, 0.15) is 0 Å². The molecule has 0 aliphatic heterocycles. The standard InChI is InChI=1S/C13H25NO3/c1-5-7-10(8-6-2)12(17)14-13(3,4)9-11(15)16/h10H,5-9H2,1-4H3,(H,14,17)(H,15,16). The fraction of sp³-hybridized carbons (Fsp3) is 0.846. The third-order valence-electron chi connectivity index (χ3n) is 2.70. The number of amides is 1. The van der Waals surface area contributed by atoms with Gasteiger partial charge in [-0.05, 0) is 26.7 Å². The maximum atomic E-state index is 12.0. The van der Waals surface area contributed by atoms with Crippen molar-refractivity contribution in [3.05, 3.63) is 0 Å². The van der Waals surface area contributed by atoms with Crippen molar-refractivity contribution in [3.63, 3.8) is 0 Å². The highest BCUT2D eigenvalue weighted by atomic mass is 16.4. The van der Waals surface area contributed by atoms with Crippen LogP contribution in [0.3, 0.4) is 0 Å². The molecule has 0 fully saturated rings. The van der Waals surface area contributed by atoms with E-state index in [9.17, 15) is 9.59 Å². The Kier molecular flexibility index (Phi) is 6.85. The molecule has 0 unspecified atom stereocenters. The number of aliphatic carboxylic acids is 1. The Morgan fingerprint density at radius 1 is 1.18 bits per heavy atom. The van der Waals surface area contributed by atoms with Crippen molar-refractivity contribution in [1.29, 1.82) is 0 Å². The maximum absolute atomic E-state index is 12.0. The second kappa shape index (κ2) is 7.30. The van der Waals surface area contributed by atoms with E-state index in [-0.39, 0.29) is 18.2 Å². The van der Waals surface area contributed by atoms with E-state index in [4.69, 9.17) is 5.11 Å². The third-order valence-corrected chi connectivity index (χ3v) is 2.70. The molecule has 0 aromatic rings. The quantitative estimate of drug-likeness (QED) is 0.688. The zero-order valence-electron chi connectivity index (χ0n) is 11.4. The van der Waals surface area contributed by atoms with Gasteiger partial charge in [-0.25, -0.2) is 0 Å². The summed E-state index contributed by atoms with van der Waals surface area (Å²) in [6.45, 7) is 7.60. The van der Waals surface area contributed by atoms with Crippen LogP contribution in [0.5, 0.6) is 0 Å². The lowest BCUT2D eigenvalue weighted by Crippen LogP contribution is -2.47. The number of carboxylic acids is 1. The smallest absolute Gasteiger partial charge is 0.305 e. The van der Waals surface area contributed by atoms with E-state index in [2.05, 4.69) is 19.2 Å². The molecule has 0 atom stereocenters. The van der Waals surface area contributed by atoms with Crippen LogP contribution in [-0.4, -0.2) is 22.5 Å². The van der Waals surface area contributed by atoms with Gasteiger partial charge in [0.2, 0.25) is 5.91 Å². The molecule has 0 heterocycles. The Morgan fingerprint density at radius 2 is 1.65 bits per heavy atom. The Bertz CT molecular complexity index is 255.